The van der Waals surface area contributed by atoms with Gasteiger partial charge in [-0.2, -0.15) is 13.2 Å². The lowest BCUT2D eigenvalue weighted by Gasteiger charge is -2.05. The predicted molar refractivity (Wildman–Crippen MR) is 39.2 cm³/mol. The average molecular weight is 185 g/mol. The Hall–Kier alpha value is -0.610. The number of hydrogen-bond acceptors (Lipinski definition) is 1. The molecule has 0 spiro atoms. The highest BCUT2D eigenvalue weighted by atomic mass is 19.4. The zero-order chi connectivity index (χ0) is 9.61. The molecule has 0 heterocycles. The van der Waals surface area contributed by atoms with Gasteiger partial charge in [0.15, 0.2) is 0 Å². The second-order valence-electron chi connectivity index (χ2n) is 2.42. The van der Waals surface area contributed by atoms with Crippen LogP contribution in [0.1, 0.15) is 19.8 Å². The van der Waals surface area contributed by atoms with Crippen molar-refractivity contribution in [3.63, 3.8) is 0 Å². The molecular weight excluding hydrogens is 174 g/mol. The molecule has 1 nitrogen and oxygen atoms in total. The maximum absolute atomic E-state index is 11.9. The molecule has 72 valence electrons. The Bertz CT molecular complexity index is 141. The van der Waals surface area contributed by atoms with E-state index in [1.807, 2.05) is 0 Å². The van der Waals surface area contributed by atoms with Gasteiger partial charge in [-0.1, -0.05) is 13.3 Å². The van der Waals surface area contributed by atoms with E-state index in [2.05, 4.69) is 4.99 Å². The molecule has 0 aliphatic carbocycles. The van der Waals surface area contributed by atoms with Crippen LogP contribution in [-0.2, 0) is 0 Å². The number of rotatable bonds is 4. The minimum absolute atomic E-state index is 0.146. The van der Waals surface area contributed by atoms with Crippen molar-refractivity contribution in [3.05, 3.63) is 0 Å². The van der Waals surface area contributed by atoms with Gasteiger partial charge in [-0.25, -0.2) is 4.39 Å². The maximum atomic E-state index is 11.9. The first-order valence-electron chi connectivity index (χ1n) is 3.66. The molecule has 0 aromatic rings. The molecule has 0 aromatic heterocycles. The van der Waals surface area contributed by atoms with E-state index in [0.717, 1.165) is 0 Å². The zero-order valence-corrected chi connectivity index (χ0v) is 6.74. The van der Waals surface area contributed by atoms with Gasteiger partial charge in [-0.3, -0.25) is 4.99 Å². The SMILES string of the molecule is CCCC(CF)N=CC(F)(F)F. The largest absolute Gasteiger partial charge is 0.426 e. The molecule has 0 aliphatic heterocycles. The van der Waals surface area contributed by atoms with E-state index in [0.29, 0.717) is 12.8 Å². The minimum atomic E-state index is -4.43. The van der Waals surface area contributed by atoms with Gasteiger partial charge in [0, 0.05) is 0 Å². The molecule has 0 rings (SSSR count). The third-order valence-corrected chi connectivity index (χ3v) is 1.23. The van der Waals surface area contributed by atoms with Crippen molar-refractivity contribution >= 4 is 6.21 Å². The monoisotopic (exact) mass is 185 g/mol. The van der Waals surface area contributed by atoms with Gasteiger partial charge >= 0.3 is 6.18 Å². The van der Waals surface area contributed by atoms with Gasteiger partial charge in [0.2, 0.25) is 0 Å². The molecule has 0 fully saturated rings. The lowest BCUT2D eigenvalue weighted by Crippen LogP contribution is -2.14. The summed E-state index contributed by atoms with van der Waals surface area (Å²) < 4.78 is 46.5. The quantitative estimate of drug-likeness (QED) is 0.471. The number of aliphatic imine (C=N–C) groups is 1. The van der Waals surface area contributed by atoms with Crippen LogP contribution >= 0.6 is 0 Å². The summed E-state index contributed by atoms with van der Waals surface area (Å²) in [6.07, 6.45) is -3.60. The van der Waals surface area contributed by atoms with Gasteiger partial charge in [0.1, 0.15) is 12.9 Å². The van der Waals surface area contributed by atoms with E-state index in [9.17, 15) is 17.6 Å². The van der Waals surface area contributed by atoms with E-state index >= 15 is 0 Å². The lowest BCUT2D eigenvalue weighted by molar-refractivity contribution is -0.0539. The minimum Gasteiger partial charge on any atom is -0.282 e. The van der Waals surface area contributed by atoms with E-state index in [4.69, 9.17) is 0 Å². The molecule has 0 N–H and O–H groups in total. The first kappa shape index (κ1) is 11.4. The Balaban J connectivity index is 3.92. The Morgan fingerprint density at radius 1 is 1.42 bits per heavy atom. The zero-order valence-electron chi connectivity index (χ0n) is 6.74. The molecule has 12 heavy (non-hydrogen) atoms. The van der Waals surface area contributed by atoms with Crippen LogP contribution in [0.3, 0.4) is 0 Å². The fraction of sp³-hybridized carbons (Fsp3) is 0.857. The highest BCUT2D eigenvalue weighted by molar-refractivity contribution is 5.64. The molecule has 1 atom stereocenters. The third kappa shape index (κ3) is 6.12. The summed E-state index contributed by atoms with van der Waals surface area (Å²) in [5.41, 5.74) is 0. The summed E-state index contributed by atoms with van der Waals surface area (Å²) in [6.45, 7) is 0.937. The van der Waals surface area contributed by atoms with Crippen molar-refractivity contribution in [1.29, 1.82) is 0 Å². The van der Waals surface area contributed by atoms with Crippen molar-refractivity contribution in [2.75, 3.05) is 6.67 Å². The van der Waals surface area contributed by atoms with Gasteiger partial charge in [-0.15, -0.1) is 0 Å². The van der Waals surface area contributed by atoms with Crippen molar-refractivity contribution < 1.29 is 17.6 Å². The van der Waals surface area contributed by atoms with Gasteiger partial charge in [-0.05, 0) is 6.42 Å². The Kier molecular flexibility index (Phi) is 4.85. The molecule has 0 aromatic carbocycles. The third-order valence-electron chi connectivity index (χ3n) is 1.23. The van der Waals surface area contributed by atoms with Crippen molar-refractivity contribution in [1.82, 2.24) is 0 Å². The second-order valence-corrected chi connectivity index (χ2v) is 2.42. The van der Waals surface area contributed by atoms with Gasteiger partial charge in [0.25, 0.3) is 0 Å². The van der Waals surface area contributed by atoms with Gasteiger partial charge < -0.3 is 0 Å². The number of nitrogens with zero attached hydrogens (tertiary/aromatic N) is 1. The molecule has 0 bridgehead atoms. The van der Waals surface area contributed by atoms with Gasteiger partial charge in [0.05, 0.1) is 6.04 Å². The number of alkyl halides is 4. The van der Waals surface area contributed by atoms with Crippen molar-refractivity contribution in [3.8, 4) is 0 Å². The number of hydrogen-bond donors (Lipinski definition) is 0. The second kappa shape index (κ2) is 5.11. The van der Waals surface area contributed by atoms with E-state index < -0.39 is 18.9 Å². The smallest absolute Gasteiger partial charge is 0.282 e. The topological polar surface area (TPSA) is 12.4 Å². The molecule has 5 heteroatoms. The molecule has 0 saturated carbocycles. The lowest BCUT2D eigenvalue weighted by atomic mass is 10.2. The van der Waals surface area contributed by atoms with Crippen LogP contribution < -0.4 is 0 Å². The van der Waals surface area contributed by atoms with Crippen molar-refractivity contribution in [2.24, 2.45) is 4.99 Å². The van der Waals surface area contributed by atoms with Crippen LogP contribution in [0.5, 0.6) is 0 Å². The summed E-state index contributed by atoms with van der Waals surface area (Å²) >= 11 is 0. The van der Waals surface area contributed by atoms with Crippen LogP contribution in [0.25, 0.3) is 0 Å². The molecular formula is C7H11F4N. The summed E-state index contributed by atoms with van der Waals surface area (Å²) in [5.74, 6) is 0. The fourth-order valence-corrected chi connectivity index (χ4v) is 0.715. The summed E-state index contributed by atoms with van der Waals surface area (Å²) in [7, 11) is 0. The summed E-state index contributed by atoms with van der Waals surface area (Å²) in [6, 6.07) is -0.836. The fourth-order valence-electron chi connectivity index (χ4n) is 0.715. The maximum Gasteiger partial charge on any atom is 0.426 e. The normalized spacial score (nSPS) is 15.4. The Morgan fingerprint density at radius 3 is 2.33 bits per heavy atom. The highest BCUT2D eigenvalue weighted by Crippen LogP contribution is 2.12. The molecule has 1 unspecified atom stereocenters. The molecule has 0 radical (unpaired) electrons. The van der Waals surface area contributed by atoms with Crippen LogP contribution in [0, 0.1) is 0 Å². The van der Waals surface area contributed by atoms with E-state index in [1.165, 1.54) is 0 Å². The Morgan fingerprint density at radius 2 is 2.00 bits per heavy atom. The summed E-state index contributed by atoms with van der Waals surface area (Å²) in [5, 5.41) is 0. The highest BCUT2D eigenvalue weighted by Gasteiger charge is 2.24. The molecule has 0 amide bonds. The number of halogens is 4. The van der Waals surface area contributed by atoms with Crippen LogP contribution in [0.4, 0.5) is 17.6 Å². The molecule has 0 aliphatic rings. The predicted octanol–water partition coefficient (Wildman–Crippen LogP) is 2.76. The first-order chi connectivity index (χ1) is 5.49. The van der Waals surface area contributed by atoms with E-state index in [-0.39, 0.29) is 6.21 Å². The Labute approximate surface area is 68.5 Å². The first-order valence-corrected chi connectivity index (χ1v) is 3.66. The summed E-state index contributed by atoms with van der Waals surface area (Å²) in [4.78, 5) is 3.08. The average Bonchev–Trinajstić information content (AvgIpc) is 1.96. The van der Waals surface area contributed by atoms with Crippen LogP contribution in [0.15, 0.2) is 4.99 Å². The van der Waals surface area contributed by atoms with Crippen LogP contribution in [0.2, 0.25) is 0 Å². The molecule has 0 saturated heterocycles. The van der Waals surface area contributed by atoms with Crippen LogP contribution in [-0.4, -0.2) is 25.1 Å². The standard InChI is InChI=1S/C7H11F4N/c1-2-3-6(4-8)12-5-7(9,10)11/h5-6H,2-4H2,1H3. The van der Waals surface area contributed by atoms with Crippen molar-refractivity contribution in [2.45, 2.75) is 32.0 Å². The van der Waals surface area contributed by atoms with E-state index in [1.54, 1.807) is 6.92 Å².